The van der Waals surface area contributed by atoms with Gasteiger partial charge in [0.05, 0.1) is 0 Å². The van der Waals surface area contributed by atoms with E-state index in [0.29, 0.717) is 16.7 Å². The summed E-state index contributed by atoms with van der Waals surface area (Å²) in [6.07, 6.45) is 0. The number of hydrogen-bond acceptors (Lipinski definition) is 1. The van der Waals surface area contributed by atoms with E-state index >= 15 is 0 Å². The second-order valence-corrected chi connectivity index (χ2v) is 3.70. The number of primary amides is 1. The Kier molecular flexibility index (Phi) is 3.40. The molecule has 2 rings (SSSR count). The van der Waals surface area contributed by atoms with Crippen LogP contribution in [0, 0.1) is 17.7 Å². The Morgan fingerprint density at radius 3 is 2.33 bits per heavy atom. The van der Waals surface area contributed by atoms with Crippen LogP contribution >= 0.6 is 0 Å². The fourth-order valence-corrected chi connectivity index (χ4v) is 1.43. The molecule has 2 aromatic carbocycles. The fraction of sp³-hybridized carbons (Fsp3) is 0. The van der Waals surface area contributed by atoms with Crippen LogP contribution in [0.5, 0.6) is 0 Å². The van der Waals surface area contributed by atoms with Gasteiger partial charge in [0.2, 0.25) is 5.91 Å². The van der Waals surface area contributed by atoms with Gasteiger partial charge in [0.25, 0.3) is 0 Å². The van der Waals surface area contributed by atoms with Crippen molar-refractivity contribution in [2.45, 2.75) is 0 Å². The third-order valence-corrected chi connectivity index (χ3v) is 2.34. The Morgan fingerprint density at radius 1 is 1.00 bits per heavy atom. The van der Waals surface area contributed by atoms with Crippen molar-refractivity contribution in [2.75, 3.05) is 0 Å². The van der Waals surface area contributed by atoms with Crippen LogP contribution in [0.1, 0.15) is 21.5 Å². The number of rotatable bonds is 1. The minimum Gasteiger partial charge on any atom is -0.366 e. The molecular formula is C15H10FNO. The van der Waals surface area contributed by atoms with Crippen molar-refractivity contribution in [1.29, 1.82) is 0 Å². The number of benzene rings is 2. The summed E-state index contributed by atoms with van der Waals surface area (Å²) in [5, 5.41) is 0. The van der Waals surface area contributed by atoms with Crippen LogP contribution in [-0.4, -0.2) is 5.91 Å². The predicted molar refractivity (Wildman–Crippen MR) is 67.3 cm³/mol. The molecule has 0 heterocycles. The predicted octanol–water partition coefficient (Wildman–Crippen LogP) is 2.32. The van der Waals surface area contributed by atoms with Gasteiger partial charge in [-0.2, -0.15) is 0 Å². The molecule has 0 aliphatic rings. The normalized spacial score (nSPS) is 9.39. The molecule has 2 N–H and O–H groups in total. The summed E-state index contributed by atoms with van der Waals surface area (Å²) < 4.78 is 12.7. The summed E-state index contributed by atoms with van der Waals surface area (Å²) in [5.41, 5.74) is 6.99. The minimum absolute atomic E-state index is 0.295. The van der Waals surface area contributed by atoms with Crippen molar-refractivity contribution in [2.24, 2.45) is 5.73 Å². The highest BCUT2D eigenvalue weighted by Gasteiger charge is 1.98. The Hall–Kier alpha value is -2.60. The molecule has 0 radical (unpaired) electrons. The van der Waals surface area contributed by atoms with E-state index in [1.807, 2.05) is 0 Å². The highest BCUT2D eigenvalue weighted by atomic mass is 19.1. The largest absolute Gasteiger partial charge is 0.366 e. The average molecular weight is 239 g/mol. The first-order valence-corrected chi connectivity index (χ1v) is 5.32. The van der Waals surface area contributed by atoms with Crippen molar-refractivity contribution >= 4 is 5.91 Å². The van der Waals surface area contributed by atoms with E-state index in [1.165, 1.54) is 12.1 Å². The van der Waals surface area contributed by atoms with Gasteiger partial charge in [-0.15, -0.1) is 0 Å². The molecule has 0 unspecified atom stereocenters. The molecule has 0 spiro atoms. The Bertz CT molecular complexity index is 636. The zero-order valence-corrected chi connectivity index (χ0v) is 9.48. The molecule has 18 heavy (non-hydrogen) atoms. The SMILES string of the molecule is NC(=O)c1cccc(C#Cc2ccc(F)cc2)c1. The van der Waals surface area contributed by atoms with Gasteiger partial charge < -0.3 is 5.73 Å². The van der Waals surface area contributed by atoms with Crippen molar-refractivity contribution < 1.29 is 9.18 Å². The van der Waals surface area contributed by atoms with E-state index in [4.69, 9.17) is 5.73 Å². The van der Waals surface area contributed by atoms with E-state index in [2.05, 4.69) is 11.8 Å². The molecule has 3 heteroatoms. The summed E-state index contributed by atoms with van der Waals surface area (Å²) in [7, 11) is 0. The number of carbonyl (C=O) groups excluding carboxylic acids is 1. The van der Waals surface area contributed by atoms with Gasteiger partial charge in [0.1, 0.15) is 5.82 Å². The molecule has 0 aliphatic heterocycles. The van der Waals surface area contributed by atoms with E-state index < -0.39 is 5.91 Å². The van der Waals surface area contributed by atoms with Gasteiger partial charge in [-0.3, -0.25) is 4.79 Å². The van der Waals surface area contributed by atoms with Gasteiger partial charge in [0, 0.05) is 16.7 Å². The molecule has 0 aliphatic carbocycles. The van der Waals surface area contributed by atoms with Crippen LogP contribution in [0.15, 0.2) is 48.5 Å². The first-order valence-electron chi connectivity index (χ1n) is 5.32. The number of carbonyl (C=O) groups is 1. The van der Waals surface area contributed by atoms with Crippen LogP contribution in [-0.2, 0) is 0 Å². The molecule has 88 valence electrons. The first kappa shape index (κ1) is 11.9. The van der Waals surface area contributed by atoms with Crippen molar-refractivity contribution in [1.82, 2.24) is 0 Å². The zero-order valence-electron chi connectivity index (χ0n) is 9.48. The van der Waals surface area contributed by atoms with Crippen LogP contribution in [0.2, 0.25) is 0 Å². The fourth-order valence-electron chi connectivity index (χ4n) is 1.43. The Morgan fingerprint density at radius 2 is 1.67 bits per heavy atom. The van der Waals surface area contributed by atoms with Gasteiger partial charge in [-0.1, -0.05) is 17.9 Å². The molecule has 0 saturated carbocycles. The molecule has 2 nitrogen and oxygen atoms in total. The van der Waals surface area contributed by atoms with Gasteiger partial charge in [-0.25, -0.2) is 4.39 Å². The maximum absolute atomic E-state index is 12.7. The number of halogens is 1. The highest BCUT2D eigenvalue weighted by Crippen LogP contribution is 2.05. The summed E-state index contributed by atoms with van der Waals surface area (Å²) in [6.45, 7) is 0. The lowest BCUT2D eigenvalue weighted by Gasteiger charge is -1.95. The summed E-state index contributed by atoms with van der Waals surface area (Å²) in [6, 6.07) is 12.6. The second kappa shape index (κ2) is 5.15. The molecule has 0 bridgehead atoms. The lowest BCUT2D eigenvalue weighted by Crippen LogP contribution is -2.10. The maximum atomic E-state index is 12.7. The third-order valence-electron chi connectivity index (χ3n) is 2.34. The molecule has 0 atom stereocenters. The Labute approximate surface area is 104 Å². The van der Waals surface area contributed by atoms with Crippen molar-refractivity contribution in [3.63, 3.8) is 0 Å². The molecule has 0 fully saturated rings. The van der Waals surface area contributed by atoms with E-state index in [1.54, 1.807) is 36.4 Å². The summed E-state index contributed by atoms with van der Waals surface area (Å²) in [4.78, 5) is 11.0. The second-order valence-electron chi connectivity index (χ2n) is 3.70. The van der Waals surface area contributed by atoms with Crippen LogP contribution in [0.4, 0.5) is 4.39 Å². The first-order chi connectivity index (χ1) is 8.65. The summed E-state index contributed by atoms with van der Waals surface area (Å²) >= 11 is 0. The molecule has 0 aromatic heterocycles. The molecule has 2 aromatic rings. The van der Waals surface area contributed by atoms with Crippen molar-refractivity contribution in [3.05, 3.63) is 71.0 Å². The van der Waals surface area contributed by atoms with Crippen LogP contribution in [0.25, 0.3) is 0 Å². The smallest absolute Gasteiger partial charge is 0.248 e. The molecule has 1 amide bonds. The minimum atomic E-state index is -0.486. The molecule has 0 saturated heterocycles. The lowest BCUT2D eigenvalue weighted by molar-refractivity contribution is 0.100. The van der Waals surface area contributed by atoms with Gasteiger partial charge in [-0.05, 0) is 42.5 Å². The number of hydrogen-bond donors (Lipinski definition) is 1. The van der Waals surface area contributed by atoms with Crippen molar-refractivity contribution in [3.8, 4) is 11.8 Å². The topological polar surface area (TPSA) is 43.1 Å². The van der Waals surface area contributed by atoms with E-state index in [0.717, 1.165) is 0 Å². The molecular weight excluding hydrogens is 229 g/mol. The average Bonchev–Trinajstić information content (AvgIpc) is 2.38. The van der Waals surface area contributed by atoms with Gasteiger partial charge in [0.15, 0.2) is 0 Å². The van der Waals surface area contributed by atoms with E-state index in [9.17, 15) is 9.18 Å². The lowest BCUT2D eigenvalue weighted by atomic mass is 10.1. The van der Waals surface area contributed by atoms with Crippen LogP contribution in [0.3, 0.4) is 0 Å². The zero-order chi connectivity index (χ0) is 13.0. The quantitative estimate of drug-likeness (QED) is 0.762. The number of amides is 1. The highest BCUT2D eigenvalue weighted by molar-refractivity contribution is 5.93. The number of nitrogens with two attached hydrogens (primary N) is 1. The van der Waals surface area contributed by atoms with Crippen LogP contribution < -0.4 is 5.73 Å². The standard InChI is InChI=1S/C15H10FNO/c16-14-8-6-11(7-9-14)4-5-12-2-1-3-13(10-12)15(17)18/h1-3,6-10H,(H2,17,18). The summed E-state index contributed by atoms with van der Waals surface area (Å²) in [5.74, 6) is 5.00. The monoisotopic (exact) mass is 239 g/mol. The third kappa shape index (κ3) is 2.96. The van der Waals surface area contributed by atoms with Gasteiger partial charge >= 0.3 is 0 Å². The van der Waals surface area contributed by atoms with E-state index in [-0.39, 0.29) is 5.82 Å². The Balaban J connectivity index is 2.27. The maximum Gasteiger partial charge on any atom is 0.248 e.